The van der Waals surface area contributed by atoms with E-state index < -0.39 is 5.97 Å². The maximum atomic E-state index is 11.5. The topological polar surface area (TPSA) is 69.6 Å². The van der Waals surface area contributed by atoms with E-state index in [4.69, 9.17) is 5.11 Å². The molecule has 0 saturated carbocycles. The normalized spacial score (nSPS) is 9.95. The fourth-order valence-electron chi connectivity index (χ4n) is 1.61. The molecular weight excluding hydrogens is 348 g/mol. The minimum absolute atomic E-state index is 0. The summed E-state index contributed by atoms with van der Waals surface area (Å²) in [4.78, 5) is 23.8. The van der Waals surface area contributed by atoms with E-state index in [-0.39, 0.29) is 31.4 Å². The van der Waals surface area contributed by atoms with Gasteiger partial charge in [0, 0.05) is 11.0 Å². The first-order valence-corrected chi connectivity index (χ1v) is 6.76. The van der Waals surface area contributed by atoms with Crippen LogP contribution in [0.3, 0.4) is 0 Å². The molecule has 0 atom stereocenters. The molecule has 2 N–H and O–H groups in total. The van der Waals surface area contributed by atoms with Crippen LogP contribution in [0.4, 0.5) is 0 Å². The van der Waals surface area contributed by atoms with Gasteiger partial charge in [0.05, 0.1) is 6.54 Å². The summed E-state index contributed by atoms with van der Waals surface area (Å²) in [5, 5.41) is 10.8. The number of hydrogen-bond acceptors (Lipinski definition) is 3. The Morgan fingerprint density at radius 2 is 2.10 bits per heavy atom. The smallest absolute Gasteiger partial charge is 0.322 e. The molecule has 0 unspecified atom stereocenters. The highest BCUT2D eigenvalue weighted by Crippen LogP contribution is 2.13. The quantitative estimate of drug-likeness (QED) is 0.774. The molecule has 0 aromatic heterocycles. The van der Waals surface area contributed by atoms with Gasteiger partial charge in [0.25, 0.3) is 0 Å². The third-order valence-corrected chi connectivity index (χ3v) is 3.04. The van der Waals surface area contributed by atoms with Gasteiger partial charge in [-0.05, 0) is 24.2 Å². The van der Waals surface area contributed by atoms with E-state index in [0.717, 1.165) is 10.0 Å². The van der Waals surface area contributed by atoms with Crippen molar-refractivity contribution in [2.75, 3.05) is 19.6 Å². The average Bonchev–Trinajstić information content (AvgIpc) is 2.35. The van der Waals surface area contributed by atoms with Crippen molar-refractivity contribution < 1.29 is 14.7 Å². The zero-order chi connectivity index (χ0) is 14.3. The SMILES string of the molecule is CCN(CC(=O)NCC(=O)O)Cc1cccc(Br)c1.Cl. The number of hydrogen-bond donors (Lipinski definition) is 2. The first-order valence-electron chi connectivity index (χ1n) is 5.96. The molecule has 0 aliphatic carbocycles. The maximum absolute atomic E-state index is 11.5. The molecule has 0 heterocycles. The lowest BCUT2D eigenvalue weighted by Gasteiger charge is -2.19. The molecule has 0 radical (unpaired) electrons. The zero-order valence-corrected chi connectivity index (χ0v) is 13.5. The van der Waals surface area contributed by atoms with Gasteiger partial charge in [-0.25, -0.2) is 0 Å². The van der Waals surface area contributed by atoms with E-state index in [2.05, 4.69) is 21.2 Å². The predicted octanol–water partition coefficient (Wildman–Crippen LogP) is 1.89. The largest absolute Gasteiger partial charge is 0.480 e. The van der Waals surface area contributed by atoms with Crippen LogP contribution in [-0.2, 0) is 16.1 Å². The first kappa shape index (κ1) is 18.9. The standard InChI is InChI=1S/C13H17BrN2O3.ClH/c1-2-16(9-12(17)15-7-13(18)19)8-10-4-3-5-11(14)6-10;/h3-6H,2,7-9H2,1H3,(H,15,17)(H,18,19);1H. The van der Waals surface area contributed by atoms with Crippen molar-refractivity contribution in [1.29, 1.82) is 0 Å². The number of amides is 1. The number of carbonyl (C=O) groups excluding carboxylic acids is 1. The summed E-state index contributed by atoms with van der Waals surface area (Å²) in [6, 6.07) is 7.87. The van der Waals surface area contributed by atoms with E-state index in [9.17, 15) is 9.59 Å². The van der Waals surface area contributed by atoms with Crippen LogP contribution in [0.25, 0.3) is 0 Å². The third-order valence-electron chi connectivity index (χ3n) is 2.55. The van der Waals surface area contributed by atoms with Crippen LogP contribution >= 0.6 is 28.3 Å². The lowest BCUT2D eigenvalue weighted by Crippen LogP contribution is -2.38. The number of rotatable bonds is 7. The summed E-state index contributed by atoms with van der Waals surface area (Å²) in [5.41, 5.74) is 1.10. The number of carboxylic acids is 1. The minimum atomic E-state index is -1.04. The first-order chi connectivity index (χ1) is 9.01. The lowest BCUT2D eigenvalue weighted by atomic mass is 10.2. The van der Waals surface area contributed by atoms with Crippen LogP contribution in [0.1, 0.15) is 12.5 Å². The van der Waals surface area contributed by atoms with E-state index in [1.807, 2.05) is 36.1 Å². The molecule has 0 aliphatic heterocycles. The van der Waals surface area contributed by atoms with Crippen LogP contribution in [0.15, 0.2) is 28.7 Å². The van der Waals surface area contributed by atoms with Gasteiger partial charge in [-0.2, -0.15) is 0 Å². The van der Waals surface area contributed by atoms with Crippen molar-refractivity contribution in [3.05, 3.63) is 34.3 Å². The number of carboxylic acid groups (broad SMARTS) is 1. The Labute approximate surface area is 132 Å². The molecule has 0 fully saturated rings. The Morgan fingerprint density at radius 1 is 1.40 bits per heavy atom. The Morgan fingerprint density at radius 3 is 2.65 bits per heavy atom. The molecule has 0 bridgehead atoms. The molecule has 0 aliphatic rings. The molecule has 0 spiro atoms. The minimum Gasteiger partial charge on any atom is -0.480 e. The number of aliphatic carboxylic acids is 1. The second-order valence-electron chi connectivity index (χ2n) is 4.10. The molecule has 20 heavy (non-hydrogen) atoms. The van der Waals surface area contributed by atoms with Gasteiger partial charge in [0.1, 0.15) is 6.54 Å². The fourth-order valence-corrected chi connectivity index (χ4v) is 2.05. The predicted molar refractivity (Wildman–Crippen MR) is 83.0 cm³/mol. The molecule has 7 heteroatoms. The van der Waals surface area contributed by atoms with Gasteiger partial charge >= 0.3 is 5.97 Å². The lowest BCUT2D eigenvalue weighted by molar-refractivity contribution is -0.138. The van der Waals surface area contributed by atoms with Crippen LogP contribution < -0.4 is 5.32 Å². The van der Waals surface area contributed by atoms with Gasteiger partial charge < -0.3 is 10.4 Å². The summed E-state index contributed by atoms with van der Waals surface area (Å²) in [5.74, 6) is -1.32. The second kappa shape index (κ2) is 9.74. The molecule has 112 valence electrons. The average molecular weight is 366 g/mol. The van der Waals surface area contributed by atoms with Gasteiger partial charge in [0.15, 0.2) is 0 Å². The molecule has 1 aromatic carbocycles. The number of halogens is 2. The van der Waals surface area contributed by atoms with Crippen molar-refractivity contribution in [3.8, 4) is 0 Å². The summed E-state index contributed by atoms with van der Waals surface area (Å²) >= 11 is 3.40. The fraction of sp³-hybridized carbons (Fsp3) is 0.385. The van der Waals surface area contributed by atoms with Gasteiger partial charge in [-0.15, -0.1) is 12.4 Å². The van der Waals surface area contributed by atoms with Crippen LogP contribution in [-0.4, -0.2) is 41.5 Å². The Bertz CT molecular complexity index is 457. The van der Waals surface area contributed by atoms with Crippen molar-refractivity contribution in [1.82, 2.24) is 10.2 Å². The highest BCUT2D eigenvalue weighted by atomic mass is 79.9. The van der Waals surface area contributed by atoms with Crippen molar-refractivity contribution in [2.24, 2.45) is 0 Å². The van der Waals surface area contributed by atoms with Crippen molar-refractivity contribution >= 4 is 40.2 Å². The monoisotopic (exact) mass is 364 g/mol. The molecular formula is C13H18BrClN2O3. The maximum Gasteiger partial charge on any atom is 0.322 e. The molecule has 0 saturated heterocycles. The van der Waals surface area contributed by atoms with Crippen LogP contribution in [0.2, 0.25) is 0 Å². The van der Waals surface area contributed by atoms with E-state index in [1.54, 1.807) is 0 Å². The summed E-state index contributed by atoms with van der Waals surface area (Å²) in [6.45, 7) is 3.18. The Kier molecular flexibility index (Phi) is 9.20. The van der Waals surface area contributed by atoms with E-state index >= 15 is 0 Å². The van der Waals surface area contributed by atoms with Crippen LogP contribution in [0.5, 0.6) is 0 Å². The number of benzene rings is 1. The number of likely N-dealkylation sites (N-methyl/N-ethyl adjacent to an activating group) is 1. The Balaban J connectivity index is 0.00000361. The van der Waals surface area contributed by atoms with Crippen LogP contribution in [0, 0.1) is 0 Å². The number of nitrogens with one attached hydrogen (secondary N) is 1. The van der Waals surface area contributed by atoms with E-state index in [1.165, 1.54) is 0 Å². The number of carbonyl (C=O) groups is 2. The van der Waals surface area contributed by atoms with E-state index in [0.29, 0.717) is 13.1 Å². The molecule has 1 rings (SSSR count). The van der Waals surface area contributed by atoms with Gasteiger partial charge in [0.2, 0.25) is 5.91 Å². The second-order valence-corrected chi connectivity index (χ2v) is 5.02. The summed E-state index contributed by atoms with van der Waals surface area (Å²) < 4.78 is 0.997. The highest BCUT2D eigenvalue weighted by Gasteiger charge is 2.10. The van der Waals surface area contributed by atoms with Gasteiger partial charge in [-0.3, -0.25) is 14.5 Å². The third kappa shape index (κ3) is 7.47. The summed E-state index contributed by atoms with van der Waals surface area (Å²) in [7, 11) is 0. The molecule has 1 aromatic rings. The Hall–Kier alpha value is -1.11. The molecule has 1 amide bonds. The zero-order valence-electron chi connectivity index (χ0n) is 11.1. The highest BCUT2D eigenvalue weighted by molar-refractivity contribution is 9.10. The van der Waals surface area contributed by atoms with Crippen molar-refractivity contribution in [2.45, 2.75) is 13.5 Å². The van der Waals surface area contributed by atoms with Gasteiger partial charge in [-0.1, -0.05) is 35.0 Å². The van der Waals surface area contributed by atoms with Crippen molar-refractivity contribution in [3.63, 3.8) is 0 Å². The molecule has 5 nitrogen and oxygen atoms in total. The number of nitrogens with zero attached hydrogens (tertiary/aromatic N) is 1. The summed E-state index contributed by atoms with van der Waals surface area (Å²) in [6.07, 6.45) is 0.